The van der Waals surface area contributed by atoms with E-state index < -0.39 is 53.3 Å². The van der Waals surface area contributed by atoms with Crippen LogP contribution in [0.1, 0.15) is 60.7 Å². The van der Waals surface area contributed by atoms with Gasteiger partial charge in [-0.25, -0.2) is 0 Å². The van der Waals surface area contributed by atoms with E-state index in [2.05, 4.69) is 0 Å². The van der Waals surface area contributed by atoms with Crippen molar-refractivity contribution in [2.75, 3.05) is 6.61 Å². The van der Waals surface area contributed by atoms with E-state index in [1.165, 1.54) is 6.08 Å². The van der Waals surface area contributed by atoms with Crippen molar-refractivity contribution in [3.05, 3.63) is 23.8 Å². The number of Topliss-reactive ketones (excluding diaryl/α,β-unsaturated/α-hetero) is 1. The van der Waals surface area contributed by atoms with E-state index in [1.54, 1.807) is 0 Å². The average Bonchev–Trinajstić information content (AvgIpc) is 3.04. The molecule has 8 nitrogen and oxygen atoms in total. The van der Waals surface area contributed by atoms with E-state index in [0.717, 1.165) is 5.57 Å². The van der Waals surface area contributed by atoms with E-state index in [9.17, 15) is 29.4 Å². The van der Waals surface area contributed by atoms with Crippen molar-refractivity contribution in [2.45, 2.75) is 71.0 Å². The number of hydrogen-bond acceptors (Lipinski definition) is 7. The molecule has 3 N–H and O–H groups in total. The zero-order chi connectivity index (χ0) is 25.9. The number of rotatable bonds is 6. The number of aliphatic carboxylic acids is 1. The molecular formula is C26H34O8. The van der Waals surface area contributed by atoms with Crippen LogP contribution in [0.25, 0.3) is 0 Å². The van der Waals surface area contributed by atoms with Crippen molar-refractivity contribution in [3.8, 4) is 0 Å². The largest absolute Gasteiger partial charge is 0.481 e. The Hall–Kier alpha value is -2.32. The van der Waals surface area contributed by atoms with Gasteiger partial charge in [-0.3, -0.25) is 19.2 Å². The number of carbonyl (C=O) groups is 4. The molecule has 4 aliphatic carbocycles. The Morgan fingerprint density at radius 2 is 1.97 bits per heavy atom. The van der Waals surface area contributed by atoms with Gasteiger partial charge in [-0.15, -0.1) is 0 Å². The molecule has 0 saturated heterocycles. The number of fused-ring (bicyclic) bond motifs is 5. The Morgan fingerprint density at radius 1 is 1.26 bits per heavy atom. The summed E-state index contributed by atoms with van der Waals surface area (Å²) in [6, 6.07) is 0.00399. The zero-order valence-corrected chi connectivity index (χ0v) is 19.9. The number of aliphatic hydroxyl groups excluding tert-OH is 1. The van der Waals surface area contributed by atoms with Crippen molar-refractivity contribution in [1.29, 1.82) is 0 Å². The second kappa shape index (κ2) is 8.41. The smallest absolute Gasteiger partial charge is 0.306 e. The van der Waals surface area contributed by atoms with Crippen LogP contribution in [0, 0.1) is 34.5 Å². The molecule has 34 heavy (non-hydrogen) atoms. The Labute approximate surface area is 200 Å². The summed E-state index contributed by atoms with van der Waals surface area (Å²) in [7, 11) is 0. The third-order valence-electron chi connectivity index (χ3n) is 9.20. The summed E-state index contributed by atoms with van der Waals surface area (Å²) < 4.78 is 13.4. The number of allylic oxidation sites excluding steroid dienone is 4. The lowest BCUT2D eigenvalue weighted by atomic mass is 9.45. The normalized spacial score (nSPS) is 43.5. The van der Waals surface area contributed by atoms with Gasteiger partial charge in [0.05, 0.1) is 20.3 Å². The molecule has 0 heterocycles. The molecule has 0 aliphatic heterocycles. The molecule has 4 rings (SSSR count). The predicted octanol–water partition coefficient (Wildman–Crippen LogP) is 2.22. The summed E-state index contributed by atoms with van der Waals surface area (Å²) in [5.41, 5.74) is -2.62. The first-order valence-corrected chi connectivity index (χ1v) is 12.0. The van der Waals surface area contributed by atoms with Crippen molar-refractivity contribution in [3.63, 3.8) is 0 Å². The molecule has 0 aromatic heterocycles. The van der Waals surface area contributed by atoms with Gasteiger partial charge in [0, 0.05) is 16.7 Å². The van der Waals surface area contributed by atoms with Crippen LogP contribution in [-0.2, 0) is 23.9 Å². The molecule has 0 amide bonds. The molecule has 0 bridgehead atoms. The van der Waals surface area contributed by atoms with Crippen LogP contribution >= 0.6 is 0 Å². The fourth-order valence-corrected chi connectivity index (χ4v) is 7.66. The van der Waals surface area contributed by atoms with Crippen LogP contribution in [0.4, 0.5) is 0 Å². The summed E-state index contributed by atoms with van der Waals surface area (Å²) in [5.74, 6) is -3.33. The molecule has 8 atom stereocenters. The predicted molar refractivity (Wildman–Crippen MR) is 120 cm³/mol. The highest BCUT2D eigenvalue weighted by Crippen LogP contribution is 2.67. The number of ether oxygens (including phenoxy) is 1. The van der Waals surface area contributed by atoms with Crippen LogP contribution in [-0.4, -0.2) is 57.1 Å². The maximum absolute atomic E-state index is 13.2. The number of carboxylic acids is 1. The molecule has 8 heteroatoms. The first-order valence-electron chi connectivity index (χ1n) is 12.5. The van der Waals surface area contributed by atoms with Gasteiger partial charge in [-0.2, -0.15) is 0 Å². The van der Waals surface area contributed by atoms with Gasteiger partial charge in [0.15, 0.2) is 12.4 Å². The highest BCUT2D eigenvalue weighted by molar-refractivity contribution is 6.01. The standard InChI is InChI=1S/C26H34O8/c1-14-10-16-17-7-9-26(33,20(29)13-34-22(32)5-4-21(30)31)25(17,3)12-19(28)23(16)24(2)8-6-15(27)11-18(14)24/h6,8,11,14,16-17,19,23,28,33H,4-5,7,9-10,12-13H2,1-3H3,(H,30,31)/t14-,16-,17-,19-,23+,24-,25-,26-/m0/s1/i11T. The summed E-state index contributed by atoms with van der Waals surface area (Å²) in [5, 5.41) is 31.8. The van der Waals surface area contributed by atoms with Crippen LogP contribution in [0.15, 0.2) is 23.8 Å². The number of carboxylic acid groups (broad SMARTS) is 1. The highest BCUT2D eigenvalue weighted by atomic mass is 16.5. The minimum Gasteiger partial charge on any atom is -0.481 e. The van der Waals surface area contributed by atoms with Gasteiger partial charge < -0.3 is 20.1 Å². The van der Waals surface area contributed by atoms with E-state index >= 15 is 0 Å². The SMILES string of the molecule is [3H]C1=C2[C@@H](C)C[C@@H]3[C@H]([C@@H](O)C[C@@]4(C)[C@H]3CC[C@]4(O)C(=O)COC(=O)CCC(=O)O)[C@@]2(C)C=CC1=O. The minimum absolute atomic E-state index is 0.00399. The van der Waals surface area contributed by atoms with Crippen LogP contribution < -0.4 is 0 Å². The first kappa shape index (κ1) is 23.4. The maximum atomic E-state index is 13.2. The van der Waals surface area contributed by atoms with Gasteiger partial charge in [0.25, 0.3) is 0 Å². The van der Waals surface area contributed by atoms with Crippen molar-refractivity contribution >= 4 is 23.5 Å². The molecule has 0 aromatic carbocycles. The summed E-state index contributed by atoms with van der Waals surface area (Å²) in [4.78, 5) is 47.9. The van der Waals surface area contributed by atoms with Gasteiger partial charge in [0.1, 0.15) is 5.60 Å². The van der Waals surface area contributed by atoms with Crippen LogP contribution in [0.5, 0.6) is 0 Å². The monoisotopic (exact) mass is 476 g/mol. The molecule has 0 spiro atoms. The lowest BCUT2D eigenvalue weighted by molar-refractivity contribution is -0.182. The fourth-order valence-electron chi connectivity index (χ4n) is 7.66. The van der Waals surface area contributed by atoms with Crippen LogP contribution in [0.3, 0.4) is 0 Å². The Bertz CT molecular complexity index is 1030. The van der Waals surface area contributed by atoms with E-state index in [1.807, 2.05) is 26.8 Å². The Morgan fingerprint density at radius 3 is 2.65 bits per heavy atom. The third kappa shape index (κ3) is 3.66. The van der Waals surface area contributed by atoms with E-state index in [0.29, 0.717) is 12.8 Å². The van der Waals surface area contributed by atoms with E-state index in [-0.39, 0.29) is 54.8 Å². The van der Waals surface area contributed by atoms with Gasteiger partial charge in [-0.05, 0) is 55.6 Å². The zero-order valence-electron chi connectivity index (χ0n) is 20.9. The first-order chi connectivity index (χ1) is 16.3. The average molecular weight is 477 g/mol. The maximum Gasteiger partial charge on any atom is 0.306 e. The lowest BCUT2D eigenvalue weighted by Gasteiger charge is -2.60. The summed E-state index contributed by atoms with van der Waals surface area (Å²) >= 11 is 0. The molecular weight excluding hydrogens is 440 g/mol. The van der Waals surface area contributed by atoms with Gasteiger partial charge >= 0.3 is 11.9 Å². The topological polar surface area (TPSA) is 138 Å². The Balaban J connectivity index is 1.59. The van der Waals surface area contributed by atoms with Crippen LogP contribution in [0.2, 0.25) is 0 Å². The highest BCUT2D eigenvalue weighted by Gasteiger charge is 2.68. The second-order valence-corrected chi connectivity index (χ2v) is 11.0. The molecule has 3 saturated carbocycles. The van der Waals surface area contributed by atoms with E-state index in [4.69, 9.17) is 11.2 Å². The quantitative estimate of drug-likeness (QED) is 0.496. The number of esters is 1. The number of carbonyl (C=O) groups excluding carboxylic acids is 3. The number of ketones is 2. The summed E-state index contributed by atoms with van der Waals surface area (Å²) in [6.45, 7) is 5.14. The molecule has 186 valence electrons. The lowest BCUT2D eigenvalue weighted by Crippen LogP contribution is -2.62. The minimum atomic E-state index is -1.78. The Kier molecular flexibility index (Phi) is 5.80. The number of aliphatic hydroxyl groups is 2. The number of hydrogen-bond donors (Lipinski definition) is 3. The van der Waals surface area contributed by atoms with Gasteiger partial charge in [0.2, 0.25) is 5.78 Å². The summed E-state index contributed by atoms with van der Waals surface area (Å²) in [6.07, 6.45) is 3.18. The molecule has 0 radical (unpaired) electrons. The fraction of sp³-hybridized carbons (Fsp3) is 0.692. The molecule has 4 aliphatic rings. The molecule has 3 fully saturated rings. The van der Waals surface area contributed by atoms with Crippen molar-refractivity contribution in [2.24, 2.45) is 34.5 Å². The van der Waals surface area contributed by atoms with Gasteiger partial charge in [-0.1, -0.05) is 32.4 Å². The molecule has 0 aromatic rings. The molecule has 0 unspecified atom stereocenters. The van der Waals surface area contributed by atoms with Crippen molar-refractivity contribution in [1.82, 2.24) is 0 Å². The van der Waals surface area contributed by atoms with Crippen molar-refractivity contribution < 1.29 is 40.6 Å². The second-order valence-electron chi connectivity index (χ2n) is 11.0. The third-order valence-corrected chi connectivity index (χ3v) is 9.20.